The normalized spacial score (nSPS) is 14.0. The van der Waals surface area contributed by atoms with Gasteiger partial charge in [-0.15, -0.1) is 0 Å². The minimum atomic E-state index is -0.380. The average molecular weight is 405 g/mol. The van der Waals surface area contributed by atoms with Crippen molar-refractivity contribution in [1.82, 2.24) is 4.98 Å². The third kappa shape index (κ3) is 3.15. The lowest BCUT2D eigenvalue weighted by Gasteiger charge is -2.17. The maximum Gasteiger partial charge on any atom is 0.264 e. The van der Waals surface area contributed by atoms with Gasteiger partial charge in [-0.2, -0.15) is 0 Å². The molecule has 6 heteroatoms. The van der Waals surface area contributed by atoms with E-state index in [1.54, 1.807) is 54.6 Å². The van der Waals surface area contributed by atoms with Crippen LogP contribution in [0.4, 0.5) is 5.69 Å². The molecule has 0 aliphatic carbocycles. The Labute approximate surface area is 172 Å². The van der Waals surface area contributed by atoms with Gasteiger partial charge in [-0.05, 0) is 42.0 Å². The Bertz CT molecular complexity index is 1110. The molecule has 2 aromatic carbocycles. The molecule has 4 rings (SSSR count). The summed E-state index contributed by atoms with van der Waals surface area (Å²) < 4.78 is 0. The Kier molecular flexibility index (Phi) is 4.86. The Morgan fingerprint density at radius 3 is 2.25 bits per heavy atom. The summed E-state index contributed by atoms with van der Waals surface area (Å²) in [7, 11) is 0. The highest BCUT2D eigenvalue weighted by Gasteiger charge is 2.40. The number of nitrogens with zero attached hydrogens (tertiary/aromatic N) is 2. The van der Waals surface area contributed by atoms with Gasteiger partial charge in [0, 0.05) is 11.2 Å². The number of amides is 1. The van der Waals surface area contributed by atoms with E-state index in [2.05, 4.69) is 4.98 Å². The molecule has 1 amide bonds. The molecule has 0 radical (unpaired) electrons. The average Bonchev–Trinajstić information content (AvgIpc) is 2.99. The summed E-state index contributed by atoms with van der Waals surface area (Å²) in [5.41, 5.74) is 1.87. The summed E-state index contributed by atoms with van der Waals surface area (Å²) in [6.45, 7) is 0. The SMILES string of the molecule is O=C(C1=C(c2ccccc2)C(=O)N(c2ccc(Cl)cc2)C1=S)c1ccccn1. The lowest BCUT2D eigenvalue weighted by Crippen LogP contribution is -2.31. The number of rotatable bonds is 4. The van der Waals surface area contributed by atoms with Crippen molar-refractivity contribution in [3.8, 4) is 0 Å². The summed E-state index contributed by atoms with van der Waals surface area (Å²) in [5, 5.41) is 0.544. The van der Waals surface area contributed by atoms with E-state index in [-0.39, 0.29) is 33.5 Å². The number of carbonyl (C=O) groups is 2. The van der Waals surface area contributed by atoms with Crippen molar-refractivity contribution in [2.24, 2.45) is 0 Å². The first-order valence-electron chi connectivity index (χ1n) is 8.47. The van der Waals surface area contributed by atoms with Crippen LogP contribution in [-0.4, -0.2) is 21.7 Å². The van der Waals surface area contributed by atoms with Crippen molar-refractivity contribution in [2.75, 3.05) is 4.90 Å². The van der Waals surface area contributed by atoms with Crippen LogP contribution < -0.4 is 4.90 Å². The molecule has 1 aromatic heterocycles. The molecule has 3 aromatic rings. The zero-order chi connectivity index (χ0) is 19.7. The minimum absolute atomic E-state index is 0.154. The second-order valence-electron chi connectivity index (χ2n) is 6.08. The number of hydrogen-bond donors (Lipinski definition) is 0. The summed E-state index contributed by atoms with van der Waals surface area (Å²) in [4.78, 5) is 32.2. The predicted molar refractivity (Wildman–Crippen MR) is 113 cm³/mol. The monoisotopic (exact) mass is 404 g/mol. The van der Waals surface area contributed by atoms with Gasteiger partial charge < -0.3 is 0 Å². The van der Waals surface area contributed by atoms with Gasteiger partial charge in [0.2, 0.25) is 5.78 Å². The van der Waals surface area contributed by atoms with Gasteiger partial charge in [0.15, 0.2) is 0 Å². The van der Waals surface area contributed by atoms with Gasteiger partial charge in [-0.3, -0.25) is 19.5 Å². The van der Waals surface area contributed by atoms with Crippen LogP contribution in [0, 0.1) is 0 Å². The number of halogens is 1. The van der Waals surface area contributed by atoms with Gasteiger partial charge in [0.1, 0.15) is 10.7 Å². The summed E-state index contributed by atoms with van der Waals surface area (Å²) in [5.74, 6) is -0.730. The number of benzene rings is 2. The van der Waals surface area contributed by atoms with E-state index < -0.39 is 0 Å². The maximum absolute atomic E-state index is 13.3. The second kappa shape index (κ2) is 7.46. The fraction of sp³-hybridized carbons (Fsp3) is 0. The van der Waals surface area contributed by atoms with Crippen molar-refractivity contribution >= 4 is 51.8 Å². The molecule has 2 heterocycles. The fourth-order valence-electron chi connectivity index (χ4n) is 3.06. The van der Waals surface area contributed by atoms with Crippen LogP contribution in [0.3, 0.4) is 0 Å². The molecule has 1 aliphatic heterocycles. The number of Topliss-reactive ketones (excluding diaryl/α,β-unsaturated/α-hetero) is 1. The molecule has 1 aliphatic rings. The highest BCUT2D eigenvalue weighted by molar-refractivity contribution is 7.81. The van der Waals surface area contributed by atoms with Crippen molar-refractivity contribution in [1.29, 1.82) is 0 Å². The van der Waals surface area contributed by atoms with Gasteiger partial charge in [0.25, 0.3) is 5.91 Å². The number of aromatic nitrogens is 1. The van der Waals surface area contributed by atoms with Crippen LogP contribution in [0.2, 0.25) is 5.02 Å². The van der Waals surface area contributed by atoms with Crippen LogP contribution in [-0.2, 0) is 4.79 Å². The Morgan fingerprint density at radius 2 is 1.61 bits per heavy atom. The highest BCUT2D eigenvalue weighted by atomic mass is 35.5. The summed E-state index contributed by atoms with van der Waals surface area (Å²) >= 11 is 11.5. The lowest BCUT2D eigenvalue weighted by atomic mass is 9.98. The van der Waals surface area contributed by atoms with E-state index in [1.807, 2.05) is 18.2 Å². The molecule has 0 bridgehead atoms. The summed E-state index contributed by atoms with van der Waals surface area (Å²) in [6, 6.07) is 20.8. The molecular formula is C22H13ClN2O2S. The van der Waals surface area contributed by atoms with E-state index in [0.29, 0.717) is 16.3 Å². The van der Waals surface area contributed by atoms with Crippen LogP contribution in [0.5, 0.6) is 0 Å². The van der Waals surface area contributed by atoms with Crippen LogP contribution in [0.15, 0.2) is 84.6 Å². The van der Waals surface area contributed by atoms with Crippen molar-refractivity contribution in [2.45, 2.75) is 0 Å². The van der Waals surface area contributed by atoms with Gasteiger partial charge in [0.05, 0.1) is 16.8 Å². The standard InChI is InChI=1S/C22H13ClN2O2S/c23-15-9-11-16(12-10-15)25-21(27)18(14-6-2-1-3-7-14)19(22(25)28)20(26)17-8-4-5-13-24-17/h1-13H. The first-order chi connectivity index (χ1) is 13.6. The van der Waals surface area contributed by atoms with Gasteiger partial charge in [-0.25, -0.2) is 0 Å². The Hall–Kier alpha value is -3.15. The molecule has 0 atom stereocenters. The highest BCUT2D eigenvalue weighted by Crippen LogP contribution is 2.35. The molecule has 0 N–H and O–H groups in total. The number of thiocarbonyl (C=S) groups is 1. The zero-order valence-electron chi connectivity index (χ0n) is 14.5. The Morgan fingerprint density at radius 1 is 0.929 bits per heavy atom. The molecule has 0 spiro atoms. The van der Waals surface area contributed by atoms with Crippen LogP contribution in [0.1, 0.15) is 16.1 Å². The maximum atomic E-state index is 13.3. The topological polar surface area (TPSA) is 50.3 Å². The Balaban J connectivity index is 1.88. The van der Waals surface area contributed by atoms with E-state index in [9.17, 15) is 9.59 Å². The number of hydrogen-bond acceptors (Lipinski definition) is 4. The van der Waals surface area contributed by atoms with Gasteiger partial charge in [-0.1, -0.05) is 60.2 Å². The first kappa shape index (κ1) is 18.2. The van der Waals surface area contributed by atoms with Crippen molar-refractivity contribution in [3.63, 3.8) is 0 Å². The molecule has 4 nitrogen and oxygen atoms in total. The number of carbonyl (C=O) groups excluding carboxylic acids is 2. The van der Waals surface area contributed by atoms with E-state index in [4.69, 9.17) is 23.8 Å². The third-order valence-electron chi connectivity index (χ3n) is 4.36. The van der Waals surface area contributed by atoms with E-state index in [1.165, 1.54) is 11.1 Å². The molecule has 28 heavy (non-hydrogen) atoms. The quantitative estimate of drug-likeness (QED) is 0.465. The molecule has 0 unspecified atom stereocenters. The van der Waals surface area contributed by atoms with Crippen molar-refractivity contribution in [3.05, 3.63) is 101 Å². The number of pyridine rings is 1. The third-order valence-corrected chi connectivity index (χ3v) is 4.99. The fourth-order valence-corrected chi connectivity index (χ4v) is 3.57. The van der Waals surface area contributed by atoms with Crippen molar-refractivity contribution < 1.29 is 9.59 Å². The smallest absolute Gasteiger partial charge is 0.264 e. The summed E-state index contributed by atoms with van der Waals surface area (Å²) in [6.07, 6.45) is 1.53. The number of ketones is 1. The predicted octanol–water partition coefficient (Wildman–Crippen LogP) is 4.75. The molecule has 136 valence electrons. The zero-order valence-corrected chi connectivity index (χ0v) is 16.1. The van der Waals surface area contributed by atoms with E-state index in [0.717, 1.165) is 0 Å². The van der Waals surface area contributed by atoms with Crippen LogP contribution in [0.25, 0.3) is 5.57 Å². The minimum Gasteiger partial charge on any atom is -0.287 e. The largest absolute Gasteiger partial charge is 0.287 e. The molecule has 0 saturated carbocycles. The van der Waals surface area contributed by atoms with E-state index >= 15 is 0 Å². The molecular weight excluding hydrogens is 392 g/mol. The lowest BCUT2D eigenvalue weighted by molar-refractivity contribution is -0.112. The second-order valence-corrected chi connectivity index (χ2v) is 6.91. The molecule has 0 saturated heterocycles. The first-order valence-corrected chi connectivity index (χ1v) is 9.26. The van der Waals surface area contributed by atoms with Gasteiger partial charge >= 0.3 is 0 Å². The number of anilines is 1. The van der Waals surface area contributed by atoms with Crippen LogP contribution >= 0.6 is 23.8 Å². The molecule has 0 fully saturated rings.